The van der Waals surface area contributed by atoms with E-state index in [4.69, 9.17) is 5.26 Å². The van der Waals surface area contributed by atoms with E-state index < -0.39 is 0 Å². The number of nitriles is 1. The smallest absolute Gasteiger partial charge is 0.0624 e. The minimum absolute atomic E-state index is 0.719. The predicted molar refractivity (Wildman–Crippen MR) is 62.4 cm³/mol. The first kappa shape index (κ1) is 9.86. The Hall–Kier alpha value is -1.33. The van der Waals surface area contributed by atoms with Crippen molar-refractivity contribution in [3.8, 4) is 6.07 Å². The molecular weight excluding hydrogens is 196 g/mol. The third-order valence-electron chi connectivity index (χ3n) is 4.02. The van der Waals surface area contributed by atoms with Crippen molar-refractivity contribution in [2.24, 2.45) is 17.8 Å². The van der Waals surface area contributed by atoms with Crippen LogP contribution in [0.4, 0.5) is 0 Å². The standard InChI is InChI=1S/C14H16N2/c15-7-6-12-13-9-16(10-14(12)13)8-11-4-2-1-3-5-11/h1-5,12-14H,6,8-10H2. The lowest BCUT2D eigenvalue weighted by Gasteiger charge is -2.18. The molecule has 1 aromatic carbocycles. The average Bonchev–Trinajstić information content (AvgIpc) is 2.76. The van der Waals surface area contributed by atoms with E-state index in [2.05, 4.69) is 41.3 Å². The fourth-order valence-electron chi connectivity index (χ4n) is 3.12. The topological polar surface area (TPSA) is 27.0 Å². The molecule has 2 nitrogen and oxygen atoms in total. The molecule has 1 aromatic rings. The number of benzene rings is 1. The highest BCUT2D eigenvalue weighted by Crippen LogP contribution is 2.53. The van der Waals surface area contributed by atoms with Crippen LogP contribution in [-0.4, -0.2) is 18.0 Å². The largest absolute Gasteiger partial charge is 0.298 e. The van der Waals surface area contributed by atoms with Crippen LogP contribution < -0.4 is 0 Å². The van der Waals surface area contributed by atoms with Gasteiger partial charge in [-0.05, 0) is 23.3 Å². The molecule has 2 fully saturated rings. The molecule has 82 valence electrons. The van der Waals surface area contributed by atoms with Crippen LogP contribution in [0, 0.1) is 29.1 Å². The fraction of sp³-hybridized carbons (Fsp3) is 0.500. The Labute approximate surface area is 96.5 Å². The van der Waals surface area contributed by atoms with Gasteiger partial charge >= 0.3 is 0 Å². The maximum absolute atomic E-state index is 8.67. The van der Waals surface area contributed by atoms with E-state index in [-0.39, 0.29) is 0 Å². The maximum atomic E-state index is 8.67. The summed E-state index contributed by atoms with van der Waals surface area (Å²) in [7, 11) is 0. The molecule has 1 heterocycles. The molecule has 0 spiro atoms. The Morgan fingerprint density at radius 2 is 1.88 bits per heavy atom. The number of hydrogen-bond acceptors (Lipinski definition) is 2. The van der Waals surface area contributed by atoms with E-state index in [1.165, 1.54) is 18.7 Å². The van der Waals surface area contributed by atoms with Gasteiger partial charge in [0.1, 0.15) is 0 Å². The highest BCUT2D eigenvalue weighted by Gasteiger charge is 2.54. The number of rotatable bonds is 3. The average molecular weight is 212 g/mol. The van der Waals surface area contributed by atoms with E-state index in [9.17, 15) is 0 Å². The third-order valence-corrected chi connectivity index (χ3v) is 4.02. The lowest BCUT2D eigenvalue weighted by atomic mass is 10.2. The molecule has 2 aliphatic rings. The third kappa shape index (κ3) is 1.72. The van der Waals surface area contributed by atoms with Gasteiger partial charge in [0.15, 0.2) is 0 Å². The van der Waals surface area contributed by atoms with Crippen LogP contribution >= 0.6 is 0 Å². The summed E-state index contributed by atoms with van der Waals surface area (Å²) < 4.78 is 0. The SMILES string of the molecule is N#CCC1C2CN(Cc3ccccc3)CC12. The Morgan fingerprint density at radius 3 is 2.50 bits per heavy atom. The van der Waals surface area contributed by atoms with Gasteiger partial charge < -0.3 is 0 Å². The summed E-state index contributed by atoms with van der Waals surface area (Å²) in [6, 6.07) is 13.0. The van der Waals surface area contributed by atoms with Crippen molar-refractivity contribution < 1.29 is 0 Å². The second-order valence-corrected chi connectivity index (χ2v) is 5.03. The lowest BCUT2D eigenvalue weighted by molar-refractivity contribution is 0.278. The Kier molecular flexibility index (Phi) is 2.41. The molecule has 0 aromatic heterocycles. The monoisotopic (exact) mass is 212 g/mol. The molecule has 1 aliphatic heterocycles. The summed E-state index contributed by atoms with van der Waals surface area (Å²) in [4.78, 5) is 2.53. The van der Waals surface area contributed by atoms with Crippen molar-refractivity contribution in [1.29, 1.82) is 5.26 Å². The second-order valence-electron chi connectivity index (χ2n) is 5.03. The van der Waals surface area contributed by atoms with Crippen LogP contribution in [0.1, 0.15) is 12.0 Å². The molecule has 2 heteroatoms. The van der Waals surface area contributed by atoms with Crippen molar-refractivity contribution in [3.05, 3.63) is 35.9 Å². The molecular formula is C14H16N2. The van der Waals surface area contributed by atoms with Crippen molar-refractivity contribution >= 4 is 0 Å². The number of hydrogen-bond donors (Lipinski definition) is 0. The van der Waals surface area contributed by atoms with Crippen molar-refractivity contribution in [2.45, 2.75) is 13.0 Å². The van der Waals surface area contributed by atoms with Crippen LogP contribution in [-0.2, 0) is 6.54 Å². The van der Waals surface area contributed by atoms with Gasteiger partial charge in [-0.2, -0.15) is 5.26 Å². The lowest BCUT2D eigenvalue weighted by Crippen LogP contribution is -2.23. The van der Waals surface area contributed by atoms with E-state index in [0.29, 0.717) is 0 Å². The summed E-state index contributed by atoms with van der Waals surface area (Å²) in [5.74, 6) is 2.36. The Balaban J connectivity index is 1.53. The van der Waals surface area contributed by atoms with Gasteiger partial charge in [0.2, 0.25) is 0 Å². The van der Waals surface area contributed by atoms with Crippen molar-refractivity contribution in [1.82, 2.24) is 4.90 Å². The zero-order valence-corrected chi connectivity index (χ0v) is 9.34. The van der Waals surface area contributed by atoms with Gasteiger partial charge in [-0.25, -0.2) is 0 Å². The number of fused-ring (bicyclic) bond motifs is 1. The Morgan fingerprint density at radius 1 is 1.19 bits per heavy atom. The van der Waals surface area contributed by atoms with E-state index in [1.54, 1.807) is 0 Å². The van der Waals surface area contributed by atoms with Crippen molar-refractivity contribution in [2.75, 3.05) is 13.1 Å². The minimum Gasteiger partial charge on any atom is -0.298 e. The highest BCUT2D eigenvalue weighted by molar-refractivity contribution is 5.16. The van der Waals surface area contributed by atoms with E-state index in [0.717, 1.165) is 30.7 Å². The molecule has 0 amide bonds. The predicted octanol–water partition coefficient (Wildman–Crippen LogP) is 2.28. The van der Waals surface area contributed by atoms with Crippen LogP contribution in [0.15, 0.2) is 30.3 Å². The summed E-state index contributed by atoms with van der Waals surface area (Å²) in [6.07, 6.45) is 0.772. The molecule has 0 bridgehead atoms. The molecule has 2 atom stereocenters. The Bertz CT molecular complexity index is 394. The fourth-order valence-corrected chi connectivity index (χ4v) is 3.12. The molecule has 2 unspecified atom stereocenters. The first-order chi connectivity index (χ1) is 7.88. The normalized spacial score (nSPS) is 32.1. The molecule has 3 rings (SSSR count). The molecule has 0 N–H and O–H groups in total. The van der Waals surface area contributed by atoms with Crippen molar-refractivity contribution in [3.63, 3.8) is 0 Å². The van der Waals surface area contributed by atoms with Crippen LogP contribution in [0.25, 0.3) is 0 Å². The van der Waals surface area contributed by atoms with Crippen LogP contribution in [0.3, 0.4) is 0 Å². The molecule has 1 saturated carbocycles. The molecule has 1 aliphatic carbocycles. The zero-order valence-electron chi connectivity index (χ0n) is 9.34. The summed E-state index contributed by atoms with van der Waals surface area (Å²) >= 11 is 0. The van der Waals surface area contributed by atoms with Gasteiger partial charge in [-0.3, -0.25) is 4.90 Å². The number of piperidine rings is 1. The van der Waals surface area contributed by atoms with Gasteiger partial charge in [0, 0.05) is 26.1 Å². The summed E-state index contributed by atoms with van der Waals surface area (Å²) in [5, 5.41) is 8.67. The van der Waals surface area contributed by atoms with Gasteiger partial charge in [-0.15, -0.1) is 0 Å². The first-order valence-corrected chi connectivity index (χ1v) is 6.01. The molecule has 1 saturated heterocycles. The van der Waals surface area contributed by atoms with Gasteiger partial charge in [0.05, 0.1) is 6.07 Å². The van der Waals surface area contributed by atoms with Crippen LogP contribution in [0.5, 0.6) is 0 Å². The van der Waals surface area contributed by atoms with Gasteiger partial charge in [-0.1, -0.05) is 30.3 Å². The van der Waals surface area contributed by atoms with E-state index >= 15 is 0 Å². The first-order valence-electron chi connectivity index (χ1n) is 6.01. The molecule has 0 radical (unpaired) electrons. The number of likely N-dealkylation sites (tertiary alicyclic amines) is 1. The molecule has 16 heavy (non-hydrogen) atoms. The maximum Gasteiger partial charge on any atom is 0.0624 e. The van der Waals surface area contributed by atoms with Gasteiger partial charge in [0.25, 0.3) is 0 Å². The van der Waals surface area contributed by atoms with E-state index in [1.807, 2.05) is 0 Å². The quantitative estimate of drug-likeness (QED) is 0.768. The number of nitrogens with zero attached hydrogens (tertiary/aromatic N) is 2. The summed E-state index contributed by atoms with van der Waals surface area (Å²) in [5.41, 5.74) is 1.40. The highest BCUT2D eigenvalue weighted by atomic mass is 15.2. The summed E-state index contributed by atoms with van der Waals surface area (Å²) in [6.45, 7) is 3.48. The zero-order chi connectivity index (χ0) is 11.0. The minimum atomic E-state index is 0.719. The second kappa shape index (κ2) is 3.92. The van der Waals surface area contributed by atoms with Crippen LogP contribution in [0.2, 0.25) is 0 Å².